The van der Waals surface area contributed by atoms with E-state index in [2.05, 4.69) is 62.7 Å². The van der Waals surface area contributed by atoms with Gasteiger partial charge in [-0.3, -0.25) is 9.69 Å². The quantitative estimate of drug-likeness (QED) is 0.861. The molecule has 2 fully saturated rings. The van der Waals surface area contributed by atoms with Gasteiger partial charge in [0.15, 0.2) is 5.43 Å². The van der Waals surface area contributed by atoms with Crippen LogP contribution in [-0.2, 0) is 13.0 Å². The lowest BCUT2D eigenvalue weighted by Gasteiger charge is -2.40. The van der Waals surface area contributed by atoms with E-state index in [1.165, 1.54) is 24.8 Å². The first kappa shape index (κ1) is 17.8. The lowest BCUT2D eigenvalue weighted by Crippen LogP contribution is -2.35. The average Bonchev–Trinajstić information content (AvgIpc) is 2.79. The van der Waals surface area contributed by atoms with Crippen LogP contribution in [-0.4, -0.2) is 22.5 Å². The lowest BCUT2D eigenvalue weighted by molar-refractivity contribution is 0.126. The number of nitrogens with one attached hydrogen (secondary N) is 1. The number of rotatable bonds is 3. The van der Waals surface area contributed by atoms with Gasteiger partial charge in [-0.05, 0) is 61.1 Å². The predicted molar refractivity (Wildman–Crippen MR) is 109 cm³/mol. The second kappa shape index (κ2) is 5.95. The molecule has 1 N–H and O–H groups in total. The first-order valence-electron chi connectivity index (χ1n) is 10.1. The van der Waals surface area contributed by atoms with Gasteiger partial charge in [0.05, 0.1) is 0 Å². The Hall–Kier alpha value is -1.61. The number of aromatic nitrogens is 1. The van der Waals surface area contributed by atoms with Crippen LogP contribution in [0.25, 0.3) is 10.9 Å². The molecule has 0 amide bonds. The Bertz CT molecular complexity index is 910. The molecule has 1 aromatic carbocycles. The lowest BCUT2D eigenvalue weighted by atomic mass is 9.65. The van der Waals surface area contributed by atoms with Crippen molar-refractivity contribution in [3.8, 4) is 0 Å². The summed E-state index contributed by atoms with van der Waals surface area (Å²) >= 11 is 0. The normalized spacial score (nSPS) is 28.0. The van der Waals surface area contributed by atoms with Gasteiger partial charge in [0.25, 0.3) is 0 Å². The highest BCUT2D eigenvalue weighted by Crippen LogP contribution is 2.52. The van der Waals surface area contributed by atoms with Crippen molar-refractivity contribution in [2.24, 2.45) is 10.8 Å². The number of nitrogens with zero attached hydrogens (tertiary/aromatic N) is 1. The number of likely N-dealkylation sites (tertiary alicyclic amines) is 1. The van der Waals surface area contributed by atoms with Crippen LogP contribution in [0.5, 0.6) is 0 Å². The molecule has 0 radical (unpaired) electrons. The SMILES string of the molecule is CCc1ccc2[nH]c(C)c(CN3C[C@@]4(C)C[C@@H]3CC(C)(C)C4)c(=O)c2c1. The third-order valence-electron chi connectivity index (χ3n) is 6.67. The van der Waals surface area contributed by atoms with Crippen molar-refractivity contribution >= 4 is 10.9 Å². The summed E-state index contributed by atoms with van der Waals surface area (Å²) in [5, 5.41) is 0.846. The van der Waals surface area contributed by atoms with E-state index < -0.39 is 0 Å². The zero-order valence-electron chi connectivity index (χ0n) is 16.9. The second-order valence-corrected chi connectivity index (χ2v) is 9.91. The predicted octanol–water partition coefficient (Wildman–Crippen LogP) is 4.80. The van der Waals surface area contributed by atoms with Gasteiger partial charge in [-0.15, -0.1) is 0 Å². The van der Waals surface area contributed by atoms with Gasteiger partial charge in [0, 0.05) is 41.3 Å². The third-order valence-corrected chi connectivity index (χ3v) is 6.67. The minimum absolute atomic E-state index is 0.220. The third kappa shape index (κ3) is 3.00. The van der Waals surface area contributed by atoms with E-state index in [4.69, 9.17) is 0 Å². The molecule has 2 atom stereocenters. The van der Waals surface area contributed by atoms with Crippen molar-refractivity contribution in [1.82, 2.24) is 9.88 Å². The smallest absolute Gasteiger partial charge is 0.194 e. The molecule has 26 heavy (non-hydrogen) atoms. The summed E-state index contributed by atoms with van der Waals surface area (Å²) in [7, 11) is 0. The molecule has 140 valence electrons. The molecule has 2 aromatic rings. The maximum absolute atomic E-state index is 13.3. The number of benzene rings is 1. The van der Waals surface area contributed by atoms with Gasteiger partial charge in [-0.25, -0.2) is 0 Å². The fourth-order valence-corrected chi connectivity index (χ4v) is 5.87. The van der Waals surface area contributed by atoms with Gasteiger partial charge in [0.2, 0.25) is 0 Å². The van der Waals surface area contributed by atoms with Crippen LogP contribution in [0.1, 0.15) is 63.8 Å². The van der Waals surface area contributed by atoms with Crippen molar-refractivity contribution in [3.63, 3.8) is 0 Å². The van der Waals surface area contributed by atoms with Gasteiger partial charge < -0.3 is 4.98 Å². The summed E-state index contributed by atoms with van der Waals surface area (Å²) in [6, 6.07) is 6.85. The molecule has 2 bridgehead atoms. The number of hydrogen-bond donors (Lipinski definition) is 1. The fraction of sp³-hybridized carbons (Fsp3) is 0.609. The highest BCUT2D eigenvalue weighted by atomic mass is 16.1. The zero-order valence-corrected chi connectivity index (χ0v) is 16.9. The topological polar surface area (TPSA) is 36.1 Å². The van der Waals surface area contributed by atoms with Crippen LogP contribution in [0.15, 0.2) is 23.0 Å². The Kier molecular flexibility index (Phi) is 4.07. The molecule has 1 saturated heterocycles. The zero-order chi connectivity index (χ0) is 18.7. The van der Waals surface area contributed by atoms with E-state index >= 15 is 0 Å². The van der Waals surface area contributed by atoms with Crippen LogP contribution >= 0.6 is 0 Å². The molecule has 1 saturated carbocycles. The molecule has 1 aliphatic carbocycles. The van der Waals surface area contributed by atoms with Crippen molar-refractivity contribution in [1.29, 1.82) is 0 Å². The number of hydrogen-bond acceptors (Lipinski definition) is 2. The molecule has 1 aliphatic heterocycles. The number of H-pyrrole nitrogens is 1. The molecule has 3 heteroatoms. The van der Waals surface area contributed by atoms with E-state index in [1.54, 1.807) is 0 Å². The Balaban J connectivity index is 1.71. The standard InChI is InChI=1S/C23H32N2O/c1-6-16-7-8-20-18(9-16)21(26)19(15(2)24-20)12-25-14-23(5)11-17(25)10-22(3,4)13-23/h7-9,17H,6,10-14H2,1-5H3,(H,24,26)/t17-,23-/m0/s1. The van der Waals surface area contributed by atoms with Crippen LogP contribution in [0.3, 0.4) is 0 Å². The summed E-state index contributed by atoms with van der Waals surface area (Å²) in [4.78, 5) is 19.3. The number of aryl methyl sites for hydroxylation is 2. The first-order chi connectivity index (χ1) is 12.2. The van der Waals surface area contributed by atoms with Gasteiger partial charge in [0.1, 0.15) is 0 Å². The molecule has 4 rings (SSSR count). The molecule has 1 aromatic heterocycles. The number of pyridine rings is 1. The van der Waals surface area contributed by atoms with Crippen LogP contribution in [0.2, 0.25) is 0 Å². The molecule has 2 heterocycles. The van der Waals surface area contributed by atoms with E-state index in [1.807, 2.05) is 0 Å². The Labute approximate surface area is 156 Å². The number of fused-ring (bicyclic) bond motifs is 3. The highest BCUT2D eigenvalue weighted by molar-refractivity contribution is 5.80. The Morgan fingerprint density at radius 3 is 2.73 bits per heavy atom. The van der Waals surface area contributed by atoms with Gasteiger partial charge in [-0.2, -0.15) is 0 Å². The van der Waals surface area contributed by atoms with Crippen molar-refractivity contribution in [3.05, 3.63) is 45.2 Å². The van der Waals surface area contributed by atoms with E-state index in [9.17, 15) is 4.79 Å². The maximum Gasteiger partial charge on any atom is 0.194 e. The minimum Gasteiger partial charge on any atom is -0.358 e. The van der Waals surface area contributed by atoms with Crippen molar-refractivity contribution < 1.29 is 0 Å². The number of aromatic amines is 1. The van der Waals surface area contributed by atoms with E-state index in [0.717, 1.165) is 41.7 Å². The van der Waals surface area contributed by atoms with E-state index in [-0.39, 0.29) is 5.43 Å². The summed E-state index contributed by atoms with van der Waals surface area (Å²) in [6.45, 7) is 13.3. The van der Waals surface area contributed by atoms with Crippen molar-refractivity contribution in [2.75, 3.05) is 6.54 Å². The Morgan fingerprint density at radius 1 is 1.23 bits per heavy atom. The summed E-state index contributed by atoms with van der Waals surface area (Å²) in [5.74, 6) is 0. The molecular formula is C23H32N2O. The molecule has 2 aliphatic rings. The summed E-state index contributed by atoms with van der Waals surface area (Å²) in [5.41, 5.74) is 5.20. The fourth-order valence-electron chi connectivity index (χ4n) is 5.87. The average molecular weight is 353 g/mol. The summed E-state index contributed by atoms with van der Waals surface area (Å²) < 4.78 is 0. The molecule has 0 spiro atoms. The molecule has 3 nitrogen and oxygen atoms in total. The summed E-state index contributed by atoms with van der Waals surface area (Å²) in [6.07, 6.45) is 4.77. The van der Waals surface area contributed by atoms with Gasteiger partial charge >= 0.3 is 0 Å². The maximum atomic E-state index is 13.3. The van der Waals surface area contributed by atoms with Crippen molar-refractivity contribution in [2.45, 2.75) is 72.9 Å². The minimum atomic E-state index is 0.220. The largest absolute Gasteiger partial charge is 0.358 e. The van der Waals surface area contributed by atoms with E-state index in [0.29, 0.717) is 16.9 Å². The van der Waals surface area contributed by atoms with Crippen LogP contribution in [0.4, 0.5) is 0 Å². The Morgan fingerprint density at radius 2 is 2.00 bits per heavy atom. The highest BCUT2D eigenvalue weighted by Gasteiger charge is 2.49. The van der Waals surface area contributed by atoms with Crippen LogP contribution in [0, 0.1) is 17.8 Å². The van der Waals surface area contributed by atoms with Gasteiger partial charge in [-0.1, -0.05) is 33.8 Å². The second-order valence-electron chi connectivity index (χ2n) is 9.91. The van der Waals surface area contributed by atoms with Crippen LogP contribution < -0.4 is 5.43 Å². The molecule has 0 unspecified atom stereocenters. The monoisotopic (exact) mass is 352 g/mol. The first-order valence-corrected chi connectivity index (χ1v) is 10.1. The molecular weight excluding hydrogens is 320 g/mol.